The average molecular weight is 331 g/mol. The van der Waals surface area contributed by atoms with Crippen LogP contribution < -0.4 is 10.2 Å². The first-order valence-corrected chi connectivity index (χ1v) is 8.67. The molecule has 5 nitrogen and oxygen atoms in total. The fourth-order valence-corrected chi connectivity index (χ4v) is 3.00. The van der Waals surface area contributed by atoms with Gasteiger partial charge in [-0.05, 0) is 65.4 Å². The van der Waals surface area contributed by atoms with Gasteiger partial charge in [0.2, 0.25) is 11.8 Å². The summed E-state index contributed by atoms with van der Waals surface area (Å²) in [7, 11) is 4.01. The highest BCUT2D eigenvalue weighted by Crippen LogP contribution is 2.31. The molecule has 5 heteroatoms. The molecule has 1 N–H and O–H groups in total. The molecule has 1 aromatic rings. The minimum Gasteiger partial charge on any atom is -0.355 e. The van der Waals surface area contributed by atoms with Gasteiger partial charge in [-0.25, -0.2) is 0 Å². The Bertz CT molecular complexity index is 596. The van der Waals surface area contributed by atoms with Crippen molar-refractivity contribution in [3.63, 3.8) is 0 Å². The largest absolute Gasteiger partial charge is 0.355 e. The van der Waals surface area contributed by atoms with Crippen molar-refractivity contribution in [3.8, 4) is 0 Å². The van der Waals surface area contributed by atoms with Crippen LogP contribution in [0, 0.1) is 5.41 Å². The number of amides is 2. The normalized spacial score (nSPS) is 14.5. The maximum absolute atomic E-state index is 13.0. The van der Waals surface area contributed by atoms with Crippen LogP contribution in [0.15, 0.2) is 24.3 Å². The number of fused-ring (bicyclic) bond motifs is 1. The molecule has 0 aromatic heterocycles. The Kier molecular flexibility index (Phi) is 5.99. The Morgan fingerprint density at radius 3 is 2.67 bits per heavy atom. The van der Waals surface area contributed by atoms with E-state index in [-0.39, 0.29) is 11.8 Å². The second-order valence-corrected chi connectivity index (χ2v) is 7.23. The van der Waals surface area contributed by atoms with Crippen LogP contribution >= 0.6 is 0 Å². The Labute approximate surface area is 145 Å². The van der Waals surface area contributed by atoms with Crippen LogP contribution in [-0.2, 0) is 16.0 Å². The highest BCUT2D eigenvalue weighted by Gasteiger charge is 2.40. The predicted molar refractivity (Wildman–Crippen MR) is 97.1 cm³/mol. The van der Waals surface area contributed by atoms with E-state index in [2.05, 4.69) is 16.3 Å². The van der Waals surface area contributed by atoms with Gasteiger partial charge in [0.05, 0.1) is 0 Å². The molecule has 24 heavy (non-hydrogen) atoms. The zero-order chi connectivity index (χ0) is 17.7. The van der Waals surface area contributed by atoms with Crippen molar-refractivity contribution in [1.82, 2.24) is 10.2 Å². The summed E-state index contributed by atoms with van der Waals surface area (Å²) in [5.74, 6) is -0.325. The number of benzene rings is 1. The molecular weight excluding hydrogens is 302 g/mol. The number of rotatable bonds is 6. The first kappa shape index (κ1) is 18.5. The van der Waals surface area contributed by atoms with E-state index in [1.165, 1.54) is 5.56 Å². The summed E-state index contributed by atoms with van der Waals surface area (Å²) in [5, 5.41) is 2.91. The minimum atomic E-state index is -1.07. The summed E-state index contributed by atoms with van der Waals surface area (Å²) < 4.78 is 0. The molecule has 0 fully saturated rings. The van der Waals surface area contributed by atoms with Crippen LogP contribution in [0.25, 0.3) is 0 Å². The number of hydrogen-bond acceptors (Lipinski definition) is 3. The number of carbonyl (C=O) groups is 2. The average Bonchev–Trinajstić information content (AvgIpc) is 2.57. The van der Waals surface area contributed by atoms with Crippen molar-refractivity contribution in [2.24, 2.45) is 5.41 Å². The Hall–Kier alpha value is -1.88. The van der Waals surface area contributed by atoms with Gasteiger partial charge in [0.15, 0.2) is 0 Å². The van der Waals surface area contributed by atoms with Gasteiger partial charge in [-0.3, -0.25) is 9.59 Å². The van der Waals surface area contributed by atoms with Crippen LogP contribution in [0.2, 0.25) is 0 Å². The second-order valence-electron chi connectivity index (χ2n) is 7.23. The highest BCUT2D eigenvalue weighted by atomic mass is 16.2. The molecule has 1 aliphatic rings. The van der Waals surface area contributed by atoms with Crippen molar-refractivity contribution in [2.45, 2.75) is 33.1 Å². The SMILES string of the molecule is CN(C)CCCNC(=O)C(C)(C)C(=O)N1CCCc2ccccc21. The number of aryl methyl sites for hydroxylation is 1. The highest BCUT2D eigenvalue weighted by molar-refractivity contribution is 6.11. The van der Waals surface area contributed by atoms with Crippen molar-refractivity contribution in [1.29, 1.82) is 0 Å². The fourth-order valence-electron chi connectivity index (χ4n) is 3.00. The fraction of sp³-hybridized carbons (Fsp3) is 0.579. The van der Waals surface area contributed by atoms with Gasteiger partial charge in [0.25, 0.3) is 0 Å². The molecule has 0 saturated carbocycles. The van der Waals surface area contributed by atoms with Gasteiger partial charge in [0, 0.05) is 18.8 Å². The van der Waals surface area contributed by atoms with Gasteiger partial charge in [-0.1, -0.05) is 18.2 Å². The van der Waals surface area contributed by atoms with E-state index in [4.69, 9.17) is 0 Å². The van der Waals surface area contributed by atoms with E-state index in [0.29, 0.717) is 13.1 Å². The van der Waals surface area contributed by atoms with Crippen LogP contribution in [-0.4, -0.2) is 50.4 Å². The molecule has 0 radical (unpaired) electrons. The first-order valence-electron chi connectivity index (χ1n) is 8.67. The molecule has 0 spiro atoms. The predicted octanol–water partition coefficient (Wildman–Crippen LogP) is 2.06. The number of para-hydroxylation sites is 1. The van der Waals surface area contributed by atoms with Gasteiger partial charge >= 0.3 is 0 Å². The molecular formula is C19H29N3O2. The summed E-state index contributed by atoms with van der Waals surface area (Å²) in [4.78, 5) is 29.4. The molecule has 0 unspecified atom stereocenters. The third-order valence-corrected chi connectivity index (χ3v) is 4.53. The maximum atomic E-state index is 13.0. The molecule has 0 bridgehead atoms. The zero-order valence-electron chi connectivity index (χ0n) is 15.3. The van der Waals surface area contributed by atoms with Crippen LogP contribution in [0.3, 0.4) is 0 Å². The number of hydrogen-bond donors (Lipinski definition) is 1. The third-order valence-electron chi connectivity index (χ3n) is 4.53. The molecule has 1 aliphatic heterocycles. The van der Waals surface area contributed by atoms with Gasteiger partial charge in [0.1, 0.15) is 5.41 Å². The van der Waals surface area contributed by atoms with Gasteiger partial charge < -0.3 is 15.1 Å². The summed E-state index contributed by atoms with van der Waals surface area (Å²) in [6, 6.07) is 7.97. The lowest BCUT2D eigenvalue weighted by Crippen LogP contribution is -2.51. The van der Waals surface area contributed by atoms with E-state index in [1.807, 2.05) is 32.3 Å². The Balaban J connectivity index is 2.04. The smallest absolute Gasteiger partial charge is 0.242 e. The van der Waals surface area contributed by atoms with Crippen LogP contribution in [0.1, 0.15) is 32.3 Å². The van der Waals surface area contributed by atoms with E-state index in [1.54, 1.807) is 18.7 Å². The lowest BCUT2D eigenvalue weighted by atomic mass is 9.88. The molecule has 1 heterocycles. The zero-order valence-corrected chi connectivity index (χ0v) is 15.3. The number of anilines is 1. The lowest BCUT2D eigenvalue weighted by Gasteiger charge is -2.35. The maximum Gasteiger partial charge on any atom is 0.242 e. The van der Waals surface area contributed by atoms with E-state index >= 15 is 0 Å². The summed E-state index contributed by atoms with van der Waals surface area (Å²) in [6.07, 6.45) is 2.79. The Morgan fingerprint density at radius 1 is 1.25 bits per heavy atom. The Morgan fingerprint density at radius 2 is 1.96 bits per heavy atom. The van der Waals surface area contributed by atoms with Crippen molar-refractivity contribution >= 4 is 17.5 Å². The lowest BCUT2D eigenvalue weighted by molar-refractivity contribution is -0.139. The van der Waals surface area contributed by atoms with Crippen LogP contribution in [0.4, 0.5) is 5.69 Å². The van der Waals surface area contributed by atoms with E-state index in [9.17, 15) is 9.59 Å². The standard InChI is InChI=1S/C19H29N3O2/c1-19(2,17(23)20-12-8-13-21(3)4)18(24)22-14-7-10-15-9-5-6-11-16(15)22/h5-6,9,11H,7-8,10,12-14H2,1-4H3,(H,20,23). The topological polar surface area (TPSA) is 52.7 Å². The minimum absolute atomic E-state index is 0.125. The molecule has 2 amide bonds. The molecule has 2 rings (SSSR count). The summed E-state index contributed by atoms with van der Waals surface area (Å²) >= 11 is 0. The third kappa shape index (κ3) is 4.15. The molecule has 1 aromatic carbocycles. The van der Waals surface area contributed by atoms with Crippen molar-refractivity contribution < 1.29 is 9.59 Å². The summed E-state index contributed by atoms with van der Waals surface area (Å²) in [6.45, 7) is 5.60. The van der Waals surface area contributed by atoms with Crippen molar-refractivity contribution in [2.75, 3.05) is 38.6 Å². The van der Waals surface area contributed by atoms with Gasteiger partial charge in [-0.2, -0.15) is 0 Å². The number of carbonyl (C=O) groups excluding carboxylic acids is 2. The quantitative estimate of drug-likeness (QED) is 0.641. The number of nitrogens with one attached hydrogen (secondary N) is 1. The van der Waals surface area contributed by atoms with E-state index < -0.39 is 5.41 Å². The molecule has 0 saturated heterocycles. The van der Waals surface area contributed by atoms with E-state index in [0.717, 1.165) is 31.5 Å². The first-order chi connectivity index (χ1) is 11.3. The van der Waals surface area contributed by atoms with Crippen molar-refractivity contribution in [3.05, 3.63) is 29.8 Å². The number of nitrogens with zero attached hydrogens (tertiary/aromatic N) is 2. The van der Waals surface area contributed by atoms with Crippen LogP contribution in [0.5, 0.6) is 0 Å². The molecule has 132 valence electrons. The van der Waals surface area contributed by atoms with Gasteiger partial charge in [-0.15, -0.1) is 0 Å². The summed E-state index contributed by atoms with van der Waals surface area (Å²) in [5.41, 5.74) is 1.06. The molecule has 0 atom stereocenters. The monoisotopic (exact) mass is 331 g/mol. The second kappa shape index (κ2) is 7.79. The molecule has 0 aliphatic carbocycles.